The van der Waals surface area contributed by atoms with Gasteiger partial charge in [0.2, 0.25) is 0 Å². The summed E-state index contributed by atoms with van der Waals surface area (Å²) in [5.41, 5.74) is 1.27. The maximum atomic E-state index is 11.6. The normalized spacial score (nSPS) is 13.1. The Balaban J connectivity index is 1.71. The average molecular weight is 349 g/mol. The van der Waals surface area contributed by atoms with Gasteiger partial charge in [-0.1, -0.05) is 30.3 Å². The number of carbonyl (C=O) groups excluding carboxylic acids is 2. The SMILES string of the molecule is O=Cc1sccc1C(O)C(O)CCNC(=O)OCc1ccccc1. The van der Waals surface area contributed by atoms with Crippen molar-refractivity contribution in [2.45, 2.75) is 25.2 Å². The van der Waals surface area contributed by atoms with E-state index in [1.54, 1.807) is 11.4 Å². The molecule has 0 bridgehead atoms. The number of aliphatic hydroxyl groups excluding tert-OH is 2. The van der Waals surface area contributed by atoms with Crippen LogP contribution in [0.4, 0.5) is 4.79 Å². The largest absolute Gasteiger partial charge is 0.445 e. The van der Waals surface area contributed by atoms with Crippen LogP contribution in [0.3, 0.4) is 0 Å². The quantitative estimate of drug-likeness (QED) is 0.636. The van der Waals surface area contributed by atoms with E-state index in [1.165, 1.54) is 11.3 Å². The van der Waals surface area contributed by atoms with Gasteiger partial charge in [0.15, 0.2) is 6.29 Å². The summed E-state index contributed by atoms with van der Waals surface area (Å²) in [6, 6.07) is 10.9. The van der Waals surface area contributed by atoms with Crippen LogP contribution in [0.25, 0.3) is 0 Å². The molecule has 2 atom stereocenters. The van der Waals surface area contributed by atoms with Crippen LogP contribution in [-0.4, -0.2) is 35.2 Å². The van der Waals surface area contributed by atoms with Crippen LogP contribution in [0, 0.1) is 0 Å². The van der Waals surface area contributed by atoms with Crippen LogP contribution in [0.15, 0.2) is 41.8 Å². The number of alkyl carbamates (subject to hydrolysis) is 1. The molecule has 2 aromatic rings. The van der Waals surface area contributed by atoms with Gasteiger partial charge in [-0.05, 0) is 23.4 Å². The highest BCUT2D eigenvalue weighted by Gasteiger charge is 2.21. The van der Waals surface area contributed by atoms with Gasteiger partial charge in [0, 0.05) is 12.1 Å². The van der Waals surface area contributed by atoms with Crippen molar-refractivity contribution in [2.24, 2.45) is 0 Å². The first-order valence-electron chi connectivity index (χ1n) is 7.45. The molecule has 0 radical (unpaired) electrons. The van der Waals surface area contributed by atoms with E-state index in [-0.39, 0.29) is 19.6 Å². The van der Waals surface area contributed by atoms with Gasteiger partial charge in [-0.25, -0.2) is 4.79 Å². The molecule has 0 saturated carbocycles. The molecular formula is C17H19NO5S. The smallest absolute Gasteiger partial charge is 0.407 e. The van der Waals surface area contributed by atoms with Gasteiger partial charge >= 0.3 is 6.09 Å². The van der Waals surface area contributed by atoms with Crippen molar-refractivity contribution in [3.63, 3.8) is 0 Å². The van der Waals surface area contributed by atoms with E-state index in [2.05, 4.69) is 5.32 Å². The maximum absolute atomic E-state index is 11.6. The number of amides is 1. The van der Waals surface area contributed by atoms with Crippen molar-refractivity contribution in [1.82, 2.24) is 5.32 Å². The summed E-state index contributed by atoms with van der Waals surface area (Å²) in [4.78, 5) is 22.8. The lowest BCUT2D eigenvalue weighted by molar-refractivity contribution is 0.0136. The molecule has 0 aliphatic rings. The third-order valence-electron chi connectivity index (χ3n) is 3.44. The summed E-state index contributed by atoms with van der Waals surface area (Å²) in [6.07, 6.45) is -2.07. The average Bonchev–Trinajstić information content (AvgIpc) is 3.08. The van der Waals surface area contributed by atoms with E-state index in [1.807, 2.05) is 30.3 Å². The Bertz CT molecular complexity index is 658. The number of rotatable bonds is 8. The fraction of sp³-hybridized carbons (Fsp3) is 0.294. The van der Waals surface area contributed by atoms with Crippen LogP contribution in [-0.2, 0) is 11.3 Å². The van der Waals surface area contributed by atoms with Crippen molar-refractivity contribution < 1.29 is 24.5 Å². The van der Waals surface area contributed by atoms with E-state index >= 15 is 0 Å². The van der Waals surface area contributed by atoms with Crippen molar-refractivity contribution >= 4 is 23.7 Å². The highest BCUT2D eigenvalue weighted by molar-refractivity contribution is 7.11. The van der Waals surface area contributed by atoms with Crippen LogP contribution >= 0.6 is 11.3 Å². The molecule has 6 nitrogen and oxygen atoms in total. The summed E-state index contributed by atoms with van der Waals surface area (Å²) >= 11 is 1.20. The molecule has 0 saturated heterocycles. The van der Waals surface area contributed by atoms with Gasteiger partial charge in [0.25, 0.3) is 0 Å². The highest BCUT2D eigenvalue weighted by atomic mass is 32.1. The molecule has 1 amide bonds. The molecule has 0 aliphatic carbocycles. The molecule has 128 valence electrons. The first-order valence-corrected chi connectivity index (χ1v) is 8.33. The molecule has 0 aliphatic heterocycles. The lowest BCUT2D eigenvalue weighted by Gasteiger charge is -2.17. The Kier molecular flexibility index (Phi) is 6.92. The number of benzene rings is 1. The van der Waals surface area contributed by atoms with Crippen LogP contribution < -0.4 is 5.32 Å². The summed E-state index contributed by atoms with van der Waals surface area (Å²) in [7, 11) is 0. The van der Waals surface area contributed by atoms with Crippen molar-refractivity contribution in [2.75, 3.05) is 6.54 Å². The van der Waals surface area contributed by atoms with Gasteiger partial charge in [-0.15, -0.1) is 11.3 Å². The number of hydrogen-bond donors (Lipinski definition) is 3. The second kappa shape index (κ2) is 9.17. The van der Waals surface area contributed by atoms with Gasteiger partial charge in [0.1, 0.15) is 12.7 Å². The number of ether oxygens (including phenoxy) is 1. The van der Waals surface area contributed by atoms with Gasteiger partial charge in [-0.2, -0.15) is 0 Å². The molecule has 1 heterocycles. The van der Waals surface area contributed by atoms with Gasteiger partial charge in [-0.3, -0.25) is 4.79 Å². The third kappa shape index (κ3) is 5.16. The fourth-order valence-electron chi connectivity index (χ4n) is 2.13. The van der Waals surface area contributed by atoms with Gasteiger partial charge < -0.3 is 20.3 Å². The second-order valence-corrected chi connectivity index (χ2v) is 6.10. The molecule has 24 heavy (non-hydrogen) atoms. The number of thiophene rings is 1. The lowest BCUT2D eigenvalue weighted by Crippen LogP contribution is -2.29. The Morgan fingerprint density at radius 1 is 1.25 bits per heavy atom. The predicted octanol–water partition coefficient (Wildman–Crippen LogP) is 2.27. The number of hydrogen-bond acceptors (Lipinski definition) is 6. The number of carbonyl (C=O) groups is 2. The molecule has 1 aromatic heterocycles. The van der Waals surface area contributed by atoms with Crippen molar-refractivity contribution in [3.8, 4) is 0 Å². The Morgan fingerprint density at radius 2 is 2.00 bits per heavy atom. The first kappa shape index (κ1) is 18.1. The zero-order chi connectivity index (χ0) is 17.4. The minimum Gasteiger partial charge on any atom is -0.445 e. The molecule has 0 fully saturated rings. The summed E-state index contributed by atoms with van der Waals surface area (Å²) in [6.45, 7) is 0.307. The maximum Gasteiger partial charge on any atom is 0.407 e. The van der Waals surface area contributed by atoms with E-state index in [0.717, 1.165) is 5.56 Å². The van der Waals surface area contributed by atoms with E-state index in [9.17, 15) is 19.8 Å². The predicted molar refractivity (Wildman–Crippen MR) is 89.9 cm³/mol. The van der Waals surface area contributed by atoms with E-state index < -0.39 is 18.3 Å². The van der Waals surface area contributed by atoms with Crippen LogP contribution in [0.1, 0.15) is 33.3 Å². The molecule has 1 aromatic carbocycles. The number of aliphatic hydroxyl groups is 2. The molecular weight excluding hydrogens is 330 g/mol. The fourth-order valence-corrected chi connectivity index (χ4v) is 2.87. The van der Waals surface area contributed by atoms with E-state index in [4.69, 9.17) is 4.74 Å². The number of nitrogens with one attached hydrogen (secondary N) is 1. The first-order chi connectivity index (χ1) is 11.6. The summed E-state index contributed by atoms with van der Waals surface area (Å²) < 4.78 is 5.04. The van der Waals surface area contributed by atoms with E-state index in [0.29, 0.717) is 16.7 Å². The topological polar surface area (TPSA) is 95.9 Å². The standard InChI is InChI=1S/C17H19NO5S/c19-10-15-13(7-9-24-15)16(21)14(20)6-8-18-17(22)23-11-12-4-2-1-3-5-12/h1-5,7,9-10,14,16,20-21H,6,8,11H2,(H,18,22). The van der Waals surface area contributed by atoms with Gasteiger partial charge in [0.05, 0.1) is 11.0 Å². The number of aldehydes is 1. The molecule has 3 N–H and O–H groups in total. The minimum atomic E-state index is -1.17. The summed E-state index contributed by atoms with van der Waals surface area (Å²) in [5.74, 6) is 0. The van der Waals surface area contributed by atoms with Crippen molar-refractivity contribution in [3.05, 3.63) is 57.8 Å². The van der Waals surface area contributed by atoms with Crippen LogP contribution in [0.2, 0.25) is 0 Å². The third-order valence-corrected chi connectivity index (χ3v) is 4.30. The lowest BCUT2D eigenvalue weighted by atomic mass is 10.0. The zero-order valence-corrected chi connectivity index (χ0v) is 13.7. The van der Waals surface area contributed by atoms with Crippen molar-refractivity contribution in [1.29, 1.82) is 0 Å². The monoisotopic (exact) mass is 349 g/mol. The second-order valence-electron chi connectivity index (χ2n) is 5.15. The Morgan fingerprint density at radius 3 is 2.71 bits per heavy atom. The minimum absolute atomic E-state index is 0.135. The molecule has 2 unspecified atom stereocenters. The Labute approximate surface area is 143 Å². The molecule has 0 spiro atoms. The Hall–Kier alpha value is -2.22. The molecule has 2 rings (SSSR count). The zero-order valence-electron chi connectivity index (χ0n) is 12.9. The van der Waals surface area contributed by atoms with Crippen LogP contribution in [0.5, 0.6) is 0 Å². The highest BCUT2D eigenvalue weighted by Crippen LogP contribution is 2.25. The summed E-state index contributed by atoms with van der Waals surface area (Å²) in [5, 5.41) is 24.2. The molecule has 7 heteroatoms.